The molecular formula is C17H20F3N5. The Labute approximate surface area is 144 Å². The zero-order chi connectivity index (χ0) is 18.0. The number of rotatable bonds is 3. The summed E-state index contributed by atoms with van der Waals surface area (Å²) in [5.74, 6) is 1.65. The van der Waals surface area contributed by atoms with Crippen molar-refractivity contribution in [2.24, 2.45) is 0 Å². The minimum Gasteiger partial charge on any atom is -0.382 e. The first kappa shape index (κ1) is 17.4. The molecule has 0 amide bonds. The van der Waals surface area contributed by atoms with Gasteiger partial charge in [0.25, 0.3) is 0 Å². The number of anilines is 2. The van der Waals surface area contributed by atoms with E-state index in [0.29, 0.717) is 5.69 Å². The topological polar surface area (TPSA) is 53.9 Å². The van der Waals surface area contributed by atoms with Crippen LogP contribution in [0.25, 0.3) is 0 Å². The van der Waals surface area contributed by atoms with Crippen molar-refractivity contribution >= 4 is 11.5 Å². The predicted molar refractivity (Wildman–Crippen MR) is 89.6 cm³/mol. The lowest BCUT2D eigenvalue weighted by atomic mass is 10.0. The summed E-state index contributed by atoms with van der Waals surface area (Å²) in [4.78, 5) is 14.3. The van der Waals surface area contributed by atoms with E-state index >= 15 is 0 Å². The summed E-state index contributed by atoms with van der Waals surface area (Å²) in [6.45, 7) is 5.40. The highest BCUT2D eigenvalue weighted by Gasteiger charge is 2.32. The van der Waals surface area contributed by atoms with Crippen LogP contribution >= 0.6 is 0 Å². The molecule has 0 bridgehead atoms. The van der Waals surface area contributed by atoms with E-state index in [2.05, 4.69) is 25.2 Å². The van der Waals surface area contributed by atoms with Gasteiger partial charge in [0.1, 0.15) is 17.3 Å². The van der Waals surface area contributed by atoms with Crippen LogP contribution in [0.2, 0.25) is 0 Å². The minimum absolute atomic E-state index is 0.128. The van der Waals surface area contributed by atoms with Gasteiger partial charge in [-0.25, -0.2) is 9.97 Å². The first-order chi connectivity index (χ1) is 11.8. The van der Waals surface area contributed by atoms with Crippen LogP contribution in [-0.2, 0) is 6.18 Å². The SMILES string of the molecule is Cc1cc(N2CCC(Nc3ccnc(C(F)(F)F)c3)CC2)nc(C)n1. The summed E-state index contributed by atoms with van der Waals surface area (Å²) in [5, 5.41) is 3.19. The highest BCUT2D eigenvalue weighted by atomic mass is 19.4. The summed E-state index contributed by atoms with van der Waals surface area (Å²) in [6.07, 6.45) is -1.59. The molecule has 0 saturated carbocycles. The molecule has 3 heterocycles. The molecule has 0 radical (unpaired) electrons. The van der Waals surface area contributed by atoms with Gasteiger partial charge in [0.15, 0.2) is 0 Å². The number of nitrogens with zero attached hydrogens (tertiary/aromatic N) is 4. The molecule has 1 fully saturated rings. The molecule has 2 aromatic rings. The van der Waals surface area contributed by atoms with E-state index < -0.39 is 11.9 Å². The fraction of sp³-hybridized carbons (Fsp3) is 0.471. The molecule has 0 aliphatic carbocycles. The number of piperidine rings is 1. The van der Waals surface area contributed by atoms with Gasteiger partial charge in [-0.05, 0) is 38.8 Å². The largest absolute Gasteiger partial charge is 0.433 e. The van der Waals surface area contributed by atoms with E-state index in [-0.39, 0.29) is 6.04 Å². The van der Waals surface area contributed by atoms with Crippen LogP contribution in [0.1, 0.15) is 30.1 Å². The molecule has 3 rings (SSSR count). The van der Waals surface area contributed by atoms with E-state index in [0.717, 1.165) is 49.3 Å². The van der Waals surface area contributed by atoms with Crippen LogP contribution in [0.15, 0.2) is 24.4 Å². The Bertz CT molecular complexity index is 719. The van der Waals surface area contributed by atoms with Crippen molar-refractivity contribution < 1.29 is 13.2 Å². The van der Waals surface area contributed by atoms with E-state index in [4.69, 9.17) is 0 Å². The van der Waals surface area contributed by atoms with Crippen LogP contribution in [0, 0.1) is 13.8 Å². The molecule has 134 valence electrons. The number of pyridine rings is 1. The molecule has 1 aliphatic rings. The van der Waals surface area contributed by atoms with Gasteiger partial charge < -0.3 is 10.2 Å². The standard InChI is InChI=1S/C17H20F3N5/c1-11-9-16(23-12(2)22-11)25-7-4-13(5-8-25)24-14-3-6-21-15(10-14)17(18,19)20/h3,6,9-10,13H,4-5,7-8H2,1-2H3,(H,21,24). The Morgan fingerprint density at radius 2 is 1.84 bits per heavy atom. The summed E-state index contributed by atoms with van der Waals surface area (Å²) >= 11 is 0. The normalized spacial score (nSPS) is 16.1. The molecule has 0 unspecified atom stereocenters. The molecule has 2 aromatic heterocycles. The van der Waals surface area contributed by atoms with Gasteiger partial charge in [0.2, 0.25) is 0 Å². The lowest BCUT2D eigenvalue weighted by Crippen LogP contribution is -2.39. The maximum atomic E-state index is 12.7. The molecule has 1 N–H and O–H groups in total. The quantitative estimate of drug-likeness (QED) is 0.916. The van der Waals surface area contributed by atoms with Gasteiger partial charge in [-0.1, -0.05) is 0 Å². The first-order valence-corrected chi connectivity index (χ1v) is 8.18. The van der Waals surface area contributed by atoms with Gasteiger partial charge in [-0.3, -0.25) is 4.98 Å². The van der Waals surface area contributed by atoms with Crippen molar-refractivity contribution in [2.45, 2.75) is 38.9 Å². The summed E-state index contributed by atoms with van der Waals surface area (Å²) in [7, 11) is 0. The highest BCUT2D eigenvalue weighted by molar-refractivity contribution is 5.46. The van der Waals surface area contributed by atoms with Crippen LogP contribution < -0.4 is 10.2 Å². The average Bonchev–Trinajstić information content (AvgIpc) is 2.54. The monoisotopic (exact) mass is 351 g/mol. The van der Waals surface area contributed by atoms with E-state index in [9.17, 15) is 13.2 Å². The summed E-state index contributed by atoms with van der Waals surface area (Å²) in [6, 6.07) is 4.71. The molecule has 0 aromatic carbocycles. The lowest BCUT2D eigenvalue weighted by Gasteiger charge is -2.33. The van der Waals surface area contributed by atoms with Gasteiger partial charge in [0, 0.05) is 42.8 Å². The molecule has 0 spiro atoms. The zero-order valence-corrected chi connectivity index (χ0v) is 14.1. The second-order valence-corrected chi connectivity index (χ2v) is 6.25. The Hall–Kier alpha value is -2.38. The molecule has 0 atom stereocenters. The maximum Gasteiger partial charge on any atom is 0.433 e. The number of hydrogen-bond donors (Lipinski definition) is 1. The Morgan fingerprint density at radius 3 is 2.48 bits per heavy atom. The second-order valence-electron chi connectivity index (χ2n) is 6.25. The molecule has 8 heteroatoms. The number of hydrogen-bond acceptors (Lipinski definition) is 5. The van der Waals surface area contributed by atoms with Crippen molar-refractivity contribution in [3.63, 3.8) is 0 Å². The van der Waals surface area contributed by atoms with Crippen molar-refractivity contribution in [2.75, 3.05) is 23.3 Å². The minimum atomic E-state index is -4.43. The van der Waals surface area contributed by atoms with Gasteiger partial charge in [-0.15, -0.1) is 0 Å². The molecule has 1 saturated heterocycles. The predicted octanol–water partition coefficient (Wildman–Crippen LogP) is 3.59. The van der Waals surface area contributed by atoms with Gasteiger partial charge in [-0.2, -0.15) is 13.2 Å². The van der Waals surface area contributed by atoms with Gasteiger partial charge in [0.05, 0.1) is 0 Å². The van der Waals surface area contributed by atoms with Crippen molar-refractivity contribution in [1.82, 2.24) is 15.0 Å². The number of aryl methyl sites for hydroxylation is 2. The van der Waals surface area contributed by atoms with Gasteiger partial charge >= 0.3 is 6.18 Å². The summed E-state index contributed by atoms with van der Waals surface area (Å²) in [5.41, 5.74) is 0.510. The van der Waals surface area contributed by atoms with Crippen LogP contribution in [-0.4, -0.2) is 34.1 Å². The third-order valence-electron chi connectivity index (χ3n) is 4.19. The van der Waals surface area contributed by atoms with Crippen molar-refractivity contribution in [3.05, 3.63) is 41.6 Å². The summed E-state index contributed by atoms with van der Waals surface area (Å²) < 4.78 is 38.2. The van der Waals surface area contributed by atoms with E-state index in [1.807, 2.05) is 19.9 Å². The Morgan fingerprint density at radius 1 is 1.12 bits per heavy atom. The van der Waals surface area contributed by atoms with Crippen LogP contribution in [0.5, 0.6) is 0 Å². The number of aromatic nitrogens is 3. The fourth-order valence-electron chi connectivity index (χ4n) is 3.02. The highest BCUT2D eigenvalue weighted by Crippen LogP contribution is 2.29. The average molecular weight is 351 g/mol. The molecule has 5 nitrogen and oxygen atoms in total. The van der Waals surface area contributed by atoms with E-state index in [1.165, 1.54) is 6.20 Å². The Kier molecular flexibility index (Phi) is 4.78. The third-order valence-corrected chi connectivity index (χ3v) is 4.19. The number of alkyl halides is 3. The maximum absolute atomic E-state index is 12.7. The number of halogens is 3. The molecular weight excluding hydrogens is 331 g/mol. The third kappa shape index (κ3) is 4.37. The molecule has 1 aliphatic heterocycles. The second kappa shape index (κ2) is 6.85. The smallest absolute Gasteiger partial charge is 0.382 e. The first-order valence-electron chi connectivity index (χ1n) is 8.18. The van der Waals surface area contributed by atoms with E-state index in [1.54, 1.807) is 6.07 Å². The lowest BCUT2D eigenvalue weighted by molar-refractivity contribution is -0.141. The number of nitrogens with one attached hydrogen (secondary N) is 1. The van der Waals surface area contributed by atoms with Crippen molar-refractivity contribution in [1.29, 1.82) is 0 Å². The van der Waals surface area contributed by atoms with Crippen LogP contribution in [0.3, 0.4) is 0 Å². The fourth-order valence-corrected chi connectivity index (χ4v) is 3.02. The molecule has 25 heavy (non-hydrogen) atoms. The van der Waals surface area contributed by atoms with Crippen molar-refractivity contribution in [3.8, 4) is 0 Å². The van der Waals surface area contributed by atoms with Crippen LogP contribution in [0.4, 0.5) is 24.7 Å². The Balaban J connectivity index is 1.61. The zero-order valence-electron chi connectivity index (χ0n) is 14.1.